The molecule has 1 aliphatic rings. The number of nitrogens with one attached hydrogen (secondary N) is 3. The van der Waals surface area contributed by atoms with Crippen molar-refractivity contribution in [1.29, 1.82) is 0 Å². The largest absolute Gasteiger partial charge is 0.352 e. The van der Waals surface area contributed by atoms with Crippen LogP contribution in [0.2, 0.25) is 0 Å². The van der Waals surface area contributed by atoms with Crippen LogP contribution in [-0.2, 0) is 4.79 Å². The quantitative estimate of drug-likeness (QED) is 0.696. The molecule has 1 fully saturated rings. The van der Waals surface area contributed by atoms with Crippen LogP contribution in [0.4, 0.5) is 0 Å². The Kier molecular flexibility index (Phi) is 8.48. The van der Waals surface area contributed by atoms with Gasteiger partial charge in [0, 0.05) is 17.6 Å². The summed E-state index contributed by atoms with van der Waals surface area (Å²) in [5.41, 5.74) is 1.51. The van der Waals surface area contributed by atoms with E-state index in [0.717, 1.165) is 24.9 Å². The second kappa shape index (κ2) is 10.8. The molecular formula is C22H28ClN3O2. The average molecular weight is 402 g/mol. The number of piperidine rings is 1. The molecule has 0 spiro atoms. The first-order chi connectivity index (χ1) is 13.1. The minimum absolute atomic E-state index is 0. The van der Waals surface area contributed by atoms with E-state index in [9.17, 15) is 9.59 Å². The van der Waals surface area contributed by atoms with Gasteiger partial charge in [0.05, 0.1) is 12.5 Å². The lowest BCUT2D eigenvalue weighted by Gasteiger charge is -2.31. The van der Waals surface area contributed by atoms with E-state index in [0.29, 0.717) is 5.56 Å². The van der Waals surface area contributed by atoms with Gasteiger partial charge in [0.15, 0.2) is 0 Å². The normalized spacial score (nSPS) is 19.8. The van der Waals surface area contributed by atoms with E-state index in [-0.39, 0.29) is 48.8 Å². The Morgan fingerprint density at radius 3 is 2.36 bits per heavy atom. The molecule has 1 aliphatic heterocycles. The summed E-state index contributed by atoms with van der Waals surface area (Å²) >= 11 is 0. The molecule has 28 heavy (non-hydrogen) atoms. The van der Waals surface area contributed by atoms with Gasteiger partial charge in [-0.1, -0.05) is 48.5 Å². The lowest BCUT2D eigenvalue weighted by atomic mass is 9.98. The molecule has 2 amide bonds. The van der Waals surface area contributed by atoms with E-state index in [4.69, 9.17) is 0 Å². The standard InChI is InChI=1S/C22H27N3O2.ClH/c1-16-19(13-8-14-23-16)24-21(26)15-20(17-9-4-2-5-10-17)25-22(27)18-11-6-3-7-12-18;/h2-7,9-12,16,19-20,23H,8,13-15H2,1H3,(H,24,26)(H,25,27);1H. The fourth-order valence-electron chi connectivity index (χ4n) is 3.46. The lowest BCUT2D eigenvalue weighted by molar-refractivity contribution is -0.122. The highest BCUT2D eigenvalue weighted by molar-refractivity contribution is 5.94. The van der Waals surface area contributed by atoms with Gasteiger partial charge >= 0.3 is 0 Å². The summed E-state index contributed by atoms with van der Waals surface area (Å²) < 4.78 is 0. The first kappa shape index (κ1) is 21.9. The van der Waals surface area contributed by atoms with Gasteiger partial charge in [-0.2, -0.15) is 0 Å². The second-order valence-corrected chi connectivity index (χ2v) is 7.07. The zero-order valence-corrected chi connectivity index (χ0v) is 16.9. The number of hydrogen-bond donors (Lipinski definition) is 3. The van der Waals surface area contributed by atoms with Gasteiger partial charge in [-0.15, -0.1) is 12.4 Å². The second-order valence-electron chi connectivity index (χ2n) is 7.07. The van der Waals surface area contributed by atoms with Crippen LogP contribution in [0.25, 0.3) is 0 Å². The molecule has 150 valence electrons. The number of amides is 2. The number of hydrogen-bond acceptors (Lipinski definition) is 3. The van der Waals surface area contributed by atoms with Crippen LogP contribution < -0.4 is 16.0 Å². The maximum atomic E-state index is 12.7. The smallest absolute Gasteiger partial charge is 0.251 e. The van der Waals surface area contributed by atoms with Gasteiger partial charge in [-0.3, -0.25) is 9.59 Å². The van der Waals surface area contributed by atoms with Crippen molar-refractivity contribution in [2.24, 2.45) is 0 Å². The number of halogens is 1. The van der Waals surface area contributed by atoms with E-state index in [1.165, 1.54) is 0 Å². The molecule has 3 N–H and O–H groups in total. The fourth-order valence-corrected chi connectivity index (χ4v) is 3.46. The molecule has 0 aliphatic carbocycles. The highest BCUT2D eigenvalue weighted by Gasteiger charge is 2.25. The maximum absolute atomic E-state index is 12.7. The van der Waals surface area contributed by atoms with Crippen LogP contribution in [-0.4, -0.2) is 30.4 Å². The predicted molar refractivity (Wildman–Crippen MR) is 114 cm³/mol. The maximum Gasteiger partial charge on any atom is 0.251 e. The number of benzene rings is 2. The summed E-state index contributed by atoms with van der Waals surface area (Å²) in [7, 11) is 0. The molecule has 3 unspecified atom stereocenters. The number of carbonyl (C=O) groups excluding carboxylic acids is 2. The number of carbonyl (C=O) groups is 2. The molecule has 5 nitrogen and oxygen atoms in total. The minimum atomic E-state index is -0.370. The molecule has 1 heterocycles. The lowest BCUT2D eigenvalue weighted by Crippen LogP contribution is -2.52. The summed E-state index contributed by atoms with van der Waals surface area (Å²) in [4.78, 5) is 25.3. The van der Waals surface area contributed by atoms with Crippen molar-refractivity contribution in [2.45, 2.75) is 44.3 Å². The van der Waals surface area contributed by atoms with Crippen LogP contribution in [0.15, 0.2) is 60.7 Å². The van der Waals surface area contributed by atoms with Crippen molar-refractivity contribution in [3.05, 3.63) is 71.8 Å². The SMILES string of the molecule is CC1NCCCC1NC(=O)CC(NC(=O)c1ccccc1)c1ccccc1.Cl. The molecule has 2 aromatic rings. The Hall–Kier alpha value is -2.37. The molecule has 6 heteroatoms. The average Bonchev–Trinajstić information content (AvgIpc) is 2.70. The Morgan fingerprint density at radius 2 is 1.71 bits per heavy atom. The monoisotopic (exact) mass is 401 g/mol. The molecule has 0 aromatic heterocycles. The summed E-state index contributed by atoms with van der Waals surface area (Å²) in [6, 6.07) is 18.7. The highest BCUT2D eigenvalue weighted by atomic mass is 35.5. The topological polar surface area (TPSA) is 70.2 Å². The Morgan fingerprint density at radius 1 is 1.07 bits per heavy atom. The Labute approximate surface area is 172 Å². The predicted octanol–water partition coefficient (Wildman–Crippen LogP) is 3.23. The van der Waals surface area contributed by atoms with Crippen molar-refractivity contribution in [2.75, 3.05) is 6.54 Å². The van der Waals surface area contributed by atoms with E-state index in [1.807, 2.05) is 48.5 Å². The molecule has 3 rings (SSSR count). The molecule has 0 bridgehead atoms. The van der Waals surface area contributed by atoms with Crippen molar-refractivity contribution < 1.29 is 9.59 Å². The molecule has 3 atom stereocenters. The van der Waals surface area contributed by atoms with Crippen molar-refractivity contribution >= 4 is 24.2 Å². The fraction of sp³-hybridized carbons (Fsp3) is 0.364. The van der Waals surface area contributed by atoms with E-state index < -0.39 is 0 Å². The van der Waals surface area contributed by atoms with Crippen LogP contribution >= 0.6 is 12.4 Å². The molecule has 0 radical (unpaired) electrons. The first-order valence-corrected chi connectivity index (χ1v) is 9.57. The summed E-state index contributed by atoms with van der Waals surface area (Å²) in [5, 5.41) is 9.53. The van der Waals surface area contributed by atoms with Crippen LogP contribution in [0.3, 0.4) is 0 Å². The van der Waals surface area contributed by atoms with Crippen LogP contribution in [0, 0.1) is 0 Å². The highest BCUT2D eigenvalue weighted by Crippen LogP contribution is 2.18. The van der Waals surface area contributed by atoms with Gasteiger partial charge in [-0.05, 0) is 44.0 Å². The van der Waals surface area contributed by atoms with Crippen molar-refractivity contribution in [3.63, 3.8) is 0 Å². The molecular weight excluding hydrogens is 374 g/mol. The summed E-state index contributed by atoms with van der Waals surface area (Å²) in [5.74, 6) is -0.220. The molecule has 2 aromatic carbocycles. The van der Waals surface area contributed by atoms with E-state index in [1.54, 1.807) is 12.1 Å². The van der Waals surface area contributed by atoms with E-state index >= 15 is 0 Å². The van der Waals surface area contributed by atoms with Gasteiger partial charge in [0.2, 0.25) is 5.91 Å². The Balaban J connectivity index is 0.00000280. The Bertz CT molecular complexity index is 755. The first-order valence-electron chi connectivity index (χ1n) is 9.57. The number of rotatable bonds is 6. The van der Waals surface area contributed by atoms with Gasteiger partial charge in [0.1, 0.15) is 0 Å². The summed E-state index contributed by atoms with van der Waals surface area (Å²) in [6.45, 7) is 3.09. The third-order valence-corrected chi connectivity index (χ3v) is 5.04. The van der Waals surface area contributed by atoms with Crippen LogP contribution in [0.1, 0.15) is 48.1 Å². The van der Waals surface area contributed by atoms with Crippen LogP contribution in [0.5, 0.6) is 0 Å². The molecule has 0 saturated carbocycles. The van der Waals surface area contributed by atoms with Gasteiger partial charge in [0.25, 0.3) is 5.91 Å². The third-order valence-electron chi connectivity index (χ3n) is 5.04. The third kappa shape index (κ3) is 6.08. The summed E-state index contributed by atoms with van der Waals surface area (Å²) in [6.07, 6.45) is 2.25. The van der Waals surface area contributed by atoms with Gasteiger partial charge in [-0.25, -0.2) is 0 Å². The van der Waals surface area contributed by atoms with Gasteiger partial charge < -0.3 is 16.0 Å². The van der Waals surface area contributed by atoms with E-state index in [2.05, 4.69) is 22.9 Å². The van der Waals surface area contributed by atoms with Crippen molar-refractivity contribution in [3.8, 4) is 0 Å². The zero-order valence-electron chi connectivity index (χ0n) is 16.1. The zero-order chi connectivity index (χ0) is 19.1. The van der Waals surface area contributed by atoms with Crippen molar-refractivity contribution in [1.82, 2.24) is 16.0 Å². The minimum Gasteiger partial charge on any atom is -0.352 e. The molecule has 1 saturated heterocycles.